The summed E-state index contributed by atoms with van der Waals surface area (Å²) < 4.78 is 7.07. The molecule has 0 aliphatic carbocycles. The fourth-order valence-corrected chi connectivity index (χ4v) is 5.58. The normalized spacial score (nSPS) is 11.4. The van der Waals surface area contributed by atoms with Crippen LogP contribution in [0.3, 0.4) is 0 Å². The lowest BCUT2D eigenvalue weighted by atomic mass is 10.1. The average molecular weight is 494 g/mol. The van der Waals surface area contributed by atoms with E-state index in [-0.39, 0.29) is 24.3 Å². The van der Waals surface area contributed by atoms with Gasteiger partial charge in [-0.25, -0.2) is 9.78 Å². The second-order valence-electron chi connectivity index (χ2n) is 7.65. The van der Waals surface area contributed by atoms with Gasteiger partial charge >= 0.3 is 5.97 Å². The first-order valence-electron chi connectivity index (χ1n) is 10.3. The number of thiazole rings is 1. The minimum absolute atomic E-state index is 0.140. The van der Waals surface area contributed by atoms with Crippen LogP contribution in [-0.2, 0) is 9.53 Å². The van der Waals surface area contributed by atoms with Crippen LogP contribution in [0.4, 0.5) is 5.13 Å². The maximum atomic E-state index is 12.5. The topological polar surface area (TPSA) is 99.0 Å². The van der Waals surface area contributed by atoms with Crippen LogP contribution in [0.2, 0.25) is 0 Å². The zero-order valence-corrected chi connectivity index (χ0v) is 21.4. The van der Waals surface area contributed by atoms with Crippen molar-refractivity contribution in [3.05, 3.63) is 26.9 Å². The maximum absolute atomic E-state index is 12.5. The fraction of sp³-hybridized carbons (Fsp3) is 0.476. The van der Waals surface area contributed by atoms with Gasteiger partial charge in [-0.05, 0) is 39.7 Å². The predicted molar refractivity (Wildman–Crippen MR) is 130 cm³/mol. The molecule has 8 nitrogen and oxygen atoms in total. The van der Waals surface area contributed by atoms with E-state index in [1.807, 2.05) is 0 Å². The van der Waals surface area contributed by atoms with Crippen molar-refractivity contribution in [2.75, 3.05) is 17.7 Å². The van der Waals surface area contributed by atoms with Gasteiger partial charge in [0.2, 0.25) is 5.91 Å². The standard InChI is InChI=1S/C21H27N5O3S3/c1-7-29-19(28)17-13(6)22-20(32-17)23-16(27)10-31-21-25-24-18(26(21)12(4)5)14-8-15(11(2)3)30-9-14/h8-9,11-12H,7,10H2,1-6H3,(H,22,23,27). The zero-order chi connectivity index (χ0) is 23.4. The van der Waals surface area contributed by atoms with E-state index >= 15 is 0 Å². The highest BCUT2D eigenvalue weighted by Gasteiger charge is 2.21. The summed E-state index contributed by atoms with van der Waals surface area (Å²) in [5, 5.41) is 14.7. The first kappa shape index (κ1) is 24.4. The third-order valence-corrected chi connectivity index (χ3v) is 7.69. The van der Waals surface area contributed by atoms with Crippen molar-refractivity contribution in [1.82, 2.24) is 19.7 Å². The maximum Gasteiger partial charge on any atom is 0.350 e. The molecule has 1 amide bonds. The van der Waals surface area contributed by atoms with Gasteiger partial charge in [0.05, 0.1) is 18.1 Å². The number of thioether (sulfide) groups is 1. The lowest BCUT2D eigenvalue weighted by Gasteiger charge is -2.13. The molecule has 0 unspecified atom stereocenters. The lowest BCUT2D eigenvalue weighted by molar-refractivity contribution is -0.113. The lowest BCUT2D eigenvalue weighted by Crippen LogP contribution is -2.15. The number of esters is 1. The monoisotopic (exact) mass is 493 g/mol. The Labute approximate surface area is 199 Å². The number of hydrogen-bond acceptors (Lipinski definition) is 9. The summed E-state index contributed by atoms with van der Waals surface area (Å²) >= 11 is 4.15. The molecule has 0 saturated carbocycles. The van der Waals surface area contributed by atoms with E-state index in [1.54, 1.807) is 25.2 Å². The van der Waals surface area contributed by atoms with Crippen LogP contribution in [0.5, 0.6) is 0 Å². The van der Waals surface area contributed by atoms with E-state index in [4.69, 9.17) is 4.74 Å². The molecule has 0 bridgehead atoms. The quantitative estimate of drug-likeness (QED) is 0.315. The molecular weight excluding hydrogens is 466 g/mol. The van der Waals surface area contributed by atoms with Crippen molar-refractivity contribution in [2.45, 2.75) is 58.7 Å². The number of hydrogen-bond donors (Lipinski definition) is 1. The molecular formula is C21H27N5O3S3. The second kappa shape index (κ2) is 10.6. The first-order valence-corrected chi connectivity index (χ1v) is 13.0. The van der Waals surface area contributed by atoms with Crippen LogP contribution in [0.25, 0.3) is 11.4 Å². The van der Waals surface area contributed by atoms with Crippen molar-refractivity contribution < 1.29 is 14.3 Å². The van der Waals surface area contributed by atoms with Gasteiger partial charge in [-0.15, -0.1) is 21.5 Å². The van der Waals surface area contributed by atoms with Gasteiger partial charge in [0.25, 0.3) is 0 Å². The van der Waals surface area contributed by atoms with Gasteiger partial charge in [0, 0.05) is 21.9 Å². The van der Waals surface area contributed by atoms with Crippen molar-refractivity contribution in [2.24, 2.45) is 0 Å². The van der Waals surface area contributed by atoms with Crippen LogP contribution in [0, 0.1) is 6.92 Å². The minimum atomic E-state index is -0.427. The Kier molecular flexibility index (Phi) is 8.07. The Morgan fingerprint density at radius 1 is 1.25 bits per heavy atom. The molecule has 172 valence electrons. The number of rotatable bonds is 9. The fourth-order valence-electron chi connectivity index (χ4n) is 2.93. The molecule has 0 atom stereocenters. The number of amides is 1. The number of nitrogens with one attached hydrogen (secondary N) is 1. The Bertz CT molecular complexity index is 1100. The number of carbonyl (C=O) groups is 2. The number of nitrogens with zero attached hydrogens (tertiary/aromatic N) is 4. The number of aryl methyl sites for hydroxylation is 1. The number of ether oxygens (including phenoxy) is 1. The molecule has 0 aromatic carbocycles. The Morgan fingerprint density at radius 3 is 2.62 bits per heavy atom. The van der Waals surface area contributed by atoms with E-state index in [2.05, 4.69) is 64.2 Å². The average Bonchev–Trinajstić information content (AvgIpc) is 3.44. The predicted octanol–water partition coefficient (Wildman–Crippen LogP) is 5.38. The summed E-state index contributed by atoms with van der Waals surface area (Å²) in [4.78, 5) is 30.4. The van der Waals surface area contributed by atoms with E-state index < -0.39 is 5.97 Å². The number of thiophene rings is 1. The molecule has 0 radical (unpaired) electrons. The molecule has 3 aromatic rings. The molecule has 3 aromatic heterocycles. The second-order valence-corrected chi connectivity index (χ2v) is 10.5. The number of carbonyl (C=O) groups excluding carboxylic acids is 2. The molecule has 0 aliphatic rings. The molecule has 0 fully saturated rings. The first-order chi connectivity index (χ1) is 15.2. The summed E-state index contributed by atoms with van der Waals surface area (Å²) in [6.45, 7) is 12.2. The van der Waals surface area contributed by atoms with Crippen LogP contribution in [0.1, 0.15) is 66.8 Å². The van der Waals surface area contributed by atoms with E-state index in [0.717, 1.165) is 22.7 Å². The zero-order valence-electron chi connectivity index (χ0n) is 19.0. The summed E-state index contributed by atoms with van der Waals surface area (Å²) in [6.07, 6.45) is 0. The molecule has 11 heteroatoms. The van der Waals surface area contributed by atoms with E-state index in [9.17, 15) is 9.59 Å². The van der Waals surface area contributed by atoms with Crippen molar-refractivity contribution in [3.8, 4) is 11.4 Å². The van der Waals surface area contributed by atoms with Crippen molar-refractivity contribution >= 4 is 51.4 Å². The molecule has 0 saturated heterocycles. The third kappa shape index (κ3) is 5.57. The summed E-state index contributed by atoms with van der Waals surface area (Å²) in [5.41, 5.74) is 1.58. The van der Waals surface area contributed by atoms with Gasteiger partial charge in [-0.1, -0.05) is 36.9 Å². The van der Waals surface area contributed by atoms with Crippen molar-refractivity contribution in [3.63, 3.8) is 0 Å². The van der Waals surface area contributed by atoms with Gasteiger partial charge in [-0.2, -0.15) is 0 Å². The van der Waals surface area contributed by atoms with Crippen LogP contribution in [0.15, 0.2) is 16.6 Å². The molecule has 32 heavy (non-hydrogen) atoms. The van der Waals surface area contributed by atoms with Crippen LogP contribution >= 0.6 is 34.4 Å². The summed E-state index contributed by atoms with van der Waals surface area (Å²) in [7, 11) is 0. The van der Waals surface area contributed by atoms with Crippen LogP contribution in [-0.4, -0.2) is 44.0 Å². The van der Waals surface area contributed by atoms with Crippen molar-refractivity contribution in [1.29, 1.82) is 0 Å². The molecule has 0 aliphatic heterocycles. The van der Waals surface area contributed by atoms with E-state index in [0.29, 0.717) is 26.8 Å². The molecule has 1 N–H and O–H groups in total. The number of aromatic nitrogens is 4. The van der Waals surface area contributed by atoms with Crippen LogP contribution < -0.4 is 5.32 Å². The van der Waals surface area contributed by atoms with Gasteiger partial charge in [-0.3, -0.25) is 9.36 Å². The smallest absolute Gasteiger partial charge is 0.350 e. The molecule has 3 rings (SSSR count). The highest BCUT2D eigenvalue weighted by atomic mass is 32.2. The Balaban J connectivity index is 1.69. The Hall–Kier alpha value is -2.24. The van der Waals surface area contributed by atoms with Gasteiger partial charge in [0.1, 0.15) is 4.88 Å². The minimum Gasteiger partial charge on any atom is -0.462 e. The summed E-state index contributed by atoms with van der Waals surface area (Å²) in [6, 6.07) is 2.30. The van der Waals surface area contributed by atoms with Gasteiger partial charge < -0.3 is 10.1 Å². The number of anilines is 1. The van der Waals surface area contributed by atoms with E-state index in [1.165, 1.54) is 16.6 Å². The highest BCUT2D eigenvalue weighted by molar-refractivity contribution is 7.99. The molecule has 3 heterocycles. The Morgan fingerprint density at radius 2 is 2.00 bits per heavy atom. The van der Waals surface area contributed by atoms with Gasteiger partial charge in [0.15, 0.2) is 16.1 Å². The molecule has 0 spiro atoms. The largest absolute Gasteiger partial charge is 0.462 e. The third-order valence-electron chi connectivity index (χ3n) is 4.46. The summed E-state index contributed by atoms with van der Waals surface area (Å²) in [5.74, 6) is 0.765. The highest BCUT2D eigenvalue weighted by Crippen LogP contribution is 2.33. The SMILES string of the molecule is CCOC(=O)c1sc(NC(=O)CSc2nnc(-c3csc(C(C)C)c3)n2C(C)C)nc1C.